The number of hydrogen-bond donors (Lipinski definition) is 0. The fourth-order valence-corrected chi connectivity index (χ4v) is 2.45. The molecule has 1 fully saturated rings. The molecule has 2 amide bonds. The zero-order valence-electron chi connectivity index (χ0n) is 12.0. The van der Waals surface area contributed by atoms with Gasteiger partial charge in [0.1, 0.15) is 12.4 Å². The summed E-state index contributed by atoms with van der Waals surface area (Å²) in [5, 5.41) is 0. The van der Waals surface area contributed by atoms with E-state index in [-0.39, 0.29) is 24.9 Å². The average molecular weight is 355 g/mol. The minimum Gasteiger partial charge on any atom is -0.492 e. The van der Waals surface area contributed by atoms with Gasteiger partial charge in [0.2, 0.25) is 11.8 Å². The number of benzene rings is 1. The summed E-state index contributed by atoms with van der Waals surface area (Å²) in [6, 6.07) is 7.51. The van der Waals surface area contributed by atoms with Gasteiger partial charge in [-0.3, -0.25) is 9.59 Å². The largest absolute Gasteiger partial charge is 0.492 e. The predicted octanol–water partition coefficient (Wildman–Crippen LogP) is 1.91. The van der Waals surface area contributed by atoms with Gasteiger partial charge in [0, 0.05) is 11.0 Å². The van der Waals surface area contributed by atoms with E-state index in [9.17, 15) is 9.59 Å². The van der Waals surface area contributed by atoms with E-state index in [0.29, 0.717) is 19.7 Å². The molecule has 0 saturated carbocycles. The molecule has 5 nitrogen and oxygen atoms in total. The number of halogens is 1. The van der Waals surface area contributed by atoms with Crippen molar-refractivity contribution in [3.63, 3.8) is 0 Å². The van der Waals surface area contributed by atoms with Gasteiger partial charge in [-0.05, 0) is 30.7 Å². The van der Waals surface area contributed by atoms with Crippen molar-refractivity contribution in [2.45, 2.75) is 13.3 Å². The molecule has 6 heteroatoms. The molecule has 0 aromatic heterocycles. The quantitative estimate of drug-likeness (QED) is 0.783. The molecule has 0 atom stereocenters. The van der Waals surface area contributed by atoms with Crippen LogP contribution in [-0.2, 0) is 9.59 Å². The van der Waals surface area contributed by atoms with Crippen LogP contribution in [0, 0.1) is 0 Å². The van der Waals surface area contributed by atoms with Crippen LogP contribution in [0.3, 0.4) is 0 Å². The lowest BCUT2D eigenvalue weighted by Crippen LogP contribution is -2.54. The summed E-state index contributed by atoms with van der Waals surface area (Å²) in [5.41, 5.74) is 0. The summed E-state index contributed by atoms with van der Waals surface area (Å²) >= 11 is 3.36. The van der Waals surface area contributed by atoms with Gasteiger partial charge in [-0.1, -0.05) is 22.9 Å². The SMILES string of the molecule is CCCN1CC(=O)N(CCOc2ccc(Br)cc2)CC1=O. The van der Waals surface area contributed by atoms with Gasteiger partial charge >= 0.3 is 0 Å². The number of hydrogen-bond acceptors (Lipinski definition) is 3. The highest BCUT2D eigenvalue weighted by molar-refractivity contribution is 9.10. The van der Waals surface area contributed by atoms with Gasteiger partial charge in [0.15, 0.2) is 0 Å². The molecule has 1 aliphatic rings. The fourth-order valence-electron chi connectivity index (χ4n) is 2.18. The molecule has 1 aromatic carbocycles. The molecule has 0 N–H and O–H groups in total. The lowest BCUT2D eigenvalue weighted by atomic mass is 10.2. The van der Waals surface area contributed by atoms with E-state index >= 15 is 0 Å². The van der Waals surface area contributed by atoms with Gasteiger partial charge in [-0.15, -0.1) is 0 Å². The molecular weight excluding hydrogens is 336 g/mol. The number of carbonyl (C=O) groups excluding carboxylic acids is 2. The number of ether oxygens (including phenoxy) is 1. The summed E-state index contributed by atoms with van der Waals surface area (Å²) < 4.78 is 6.57. The molecule has 1 aliphatic heterocycles. The highest BCUT2D eigenvalue weighted by atomic mass is 79.9. The van der Waals surface area contributed by atoms with Crippen LogP contribution < -0.4 is 4.74 Å². The second kappa shape index (κ2) is 7.45. The summed E-state index contributed by atoms with van der Waals surface area (Å²) in [4.78, 5) is 27.1. The van der Waals surface area contributed by atoms with Crippen molar-refractivity contribution in [3.05, 3.63) is 28.7 Å². The van der Waals surface area contributed by atoms with E-state index in [1.165, 1.54) is 0 Å². The van der Waals surface area contributed by atoms with E-state index in [2.05, 4.69) is 15.9 Å². The third kappa shape index (κ3) is 4.46. The minimum absolute atomic E-state index is 0.0116. The summed E-state index contributed by atoms with van der Waals surface area (Å²) in [7, 11) is 0. The minimum atomic E-state index is -0.0116. The van der Waals surface area contributed by atoms with Crippen molar-refractivity contribution in [2.24, 2.45) is 0 Å². The van der Waals surface area contributed by atoms with Crippen molar-refractivity contribution in [2.75, 3.05) is 32.8 Å². The van der Waals surface area contributed by atoms with Gasteiger partial charge in [-0.25, -0.2) is 0 Å². The molecule has 1 saturated heterocycles. The Morgan fingerprint density at radius 2 is 1.62 bits per heavy atom. The highest BCUT2D eigenvalue weighted by Gasteiger charge is 2.28. The second-order valence-corrected chi connectivity index (χ2v) is 5.85. The van der Waals surface area contributed by atoms with Crippen molar-refractivity contribution >= 4 is 27.7 Å². The Morgan fingerprint density at radius 1 is 1.05 bits per heavy atom. The Hall–Kier alpha value is -1.56. The molecular formula is C15H19BrN2O3. The number of amides is 2. The maximum Gasteiger partial charge on any atom is 0.242 e. The van der Waals surface area contributed by atoms with E-state index < -0.39 is 0 Å². The fraction of sp³-hybridized carbons (Fsp3) is 0.467. The van der Waals surface area contributed by atoms with E-state index in [0.717, 1.165) is 16.6 Å². The molecule has 2 rings (SSSR count). The highest BCUT2D eigenvalue weighted by Crippen LogP contribution is 2.16. The molecule has 0 spiro atoms. The van der Waals surface area contributed by atoms with Crippen LogP contribution >= 0.6 is 15.9 Å². The van der Waals surface area contributed by atoms with E-state index in [4.69, 9.17) is 4.74 Å². The van der Waals surface area contributed by atoms with Gasteiger partial charge in [0.25, 0.3) is 0 Å². The first-order valence-electron chi connectivity index (χ1n) is 7.04. The monoisotopic (exact) mass is 354 g/mol. The number of rotatable bonds is 6. The van der Waals surface area contributed by atoms with Crippen LogP contribution in [-0.4, -0.2) is 54.4 Å². The summed E-state index contributed by atoms with van der Waals surface area (Å²) in [5.74, 6) is 0.754. The lowest BCUT2D eigenvalue weighted by Gasteiger charge is -2.33. The number of nitrogens with zero attached hydrogens (tertiary/aromatic N) is 2. The van der Waals surface area contributed by atoms with Crippen molar-refractivity contribution in [3.8, 4) is 5.75 Å². The van der Waals surface area contributed by atoms with Gasteiger partial charge in [0.05, 0.1) is 19.6 Å². The summed E-state index contributed by atoms with van der Waals surface area (Å²) in [6.45, 7) is 3.80. The Kier molecular flexibility index (Phi) is 5.61. The Bertz CT molecular complexity index is 504. The zero-order valence-corrected chi connectivity index (χ0v) is 13.6. The first-order chi connectivity index (χ1) is 10.1. The molecule has 0 radical (unpaired) electrons. The summed E-state index contributed by atoms with van der Waals surface area (Å²) in [6.07, 6.45) is 0.867. The maximum absolute atomic E-state index is 12.0. The van der Waals surface area contributed by atoms with E-state index in [1.807, 2.05) is 31.2 Å². The molecule has 1 aromatic rings. The van der Waals surface area contributed by atoms with Crippen molar-refractivity contribution in [1.82, 2.24) is 9.80 Å². The number of carbonyl (C=O) groups is 2. The average Bonchev–Trinajstić information content (AvgIpc) is 2.46. The first kappa shape index (κ1) is 15.8. The number of piperazine rings is 1. The first-order valence-corrected chi connectivity index (χ1v) is 7.83. The second-order valence-electron chi connectivity index (χ2n) is 4.93. The van der Waals surface area contributed by atoms with Gasteiger partial charge in [-0.2, -0.15) is 0 Å². The normalized spacial score (nSPS) is 15.5. The molecule has 1 heterocycles. The van der Waals surface area contributed by atoms with Crippen LogP contribution in [0.5, 0.6) is 5.75 Å². The van der Waals surface area contributed by atoms with Crippen LogP contribution in [0.1, 0.15) is 13.3 Å². The van der Waals surface area contributed by atoms with Crippen LogP contribution in [0.2, 0.25) is 0 Å². The molecule has 114 valence electrons. The predicted molar refractivity (Wildman–Crippen MR) is 83.1 cm³/mol. The molecule has 0 bridgehead atoms. The third-order valence-corrected chi connectivity index (χ3v) is 3.82. The Balaban J connectivity index is 1.79. The van der Waals surface area contributed by atoms with Gasteiger partial charge < -0.3 is 14.5 Å². The molecule has 21 heavy (non-hydrogen) atoms. The lowest BCUT2D eigenvalue weighted by molar-refractivity contribution is -0.150. The smallest absolute Gasteiger partial charge is 0.242 e. The Morgan fingerprint density at radius 3 is 2.19 bits per heavy atom. The van der Waals surface area contributed by atoms with Crippen LogP contribution in [0.15, 0.2) is 28.7 Å². The third-order valence-electron chi connectivity index (χ3n) is 3.29. The van der Waals surface area contributed by atoms with E-state index in [1.54, 1.807) is 9.80 Å². The van der Waals surface area contributed by atoms with Crippen molar-refractivity contribution < 1.29 is 14.3 Å². The standard InChI is InChI=1S/C15H19BrN2O3/c1-2-7-17-10-15(20)18(11-14(17)19)8-9-21-13-5-3-12(16)4-6-13/h3-6H,2,7-11H2,1H3. The van der Waals surface area contributed by atoms with Crippen molar-refractivity contribution in [1.29, 1.82) is 0 Å². The topological polar surface area (TPSA) is 49.9 Å². The molecule has 0 unspecified atom stereocenters. The van der Waals surface area contributed by atoms with Crippen LogP contribution in [0.4, 0.5) is 0 Å². The Labute approximate surface area is 133 Å². The van der Waals surface area contributed by atoms with Crippen LogP contribution in [0.25, 0.3) is 0 Å². The maximum atomic E-state index is 12.0. The molecule has 0 aliphatic carbocycles. The zero-order chi connectivity index (χ0) is 15.2.